The van der Waals surface area contributed by atoms with Crippen molar-refractivity contribution in [3.63, 3.8) is 0 Å². The Morgan fingerprint density at radius 2 is 2.05 bits per heavy atom. The van der Waals surface area contributed by atoms with Gasteiger partial charge in [0.1, 0.15) is 0 Å². The van der Waals surface area contributed by atoms with Gasteiger partial charge in [0.2, 0.25) is 5.91 Å². The van der Waals surface area contributed by atoms with E-state index in [9.17, 15) is 14.7 Å². The summed E-state index contributed by atoms with van der Waals surface area (Å²) >= 11 is 0. The van der Waals surface area contributed by atoms with Crippen molar-refractivity contribution in [2.24, 2.45) is 5.92 Å². The highest BCUT2D eigenvalue weighted by molar-refractivity contribution is 5.81. The predicted octanol–water partition coefficient (Wildman–Crippen LogP) is 2.01. The minimum Gasteiger partial charge on any atom is -0.481 e. The number of ether oxygens (including phenoxy) is 1. The highest BCUT2D eigenvalue weighted by atomic mass is 16.5. The van der Waals surface area contributed by atoms with Crippen LogP contribution in [0.3, 0.4) is 0 Å². The number of nitrogens with zero attached hydrogens (tertiary/aromatic N) is 1. The van der Waals surface area contributed by atoms with Crippen LogP contribution in [0, 0.1) is 5.92 Å². The second kappa shape index (κ2) is 6.08. The van der Waals surface area contributed by atoms with Crippen LogP contribution in [0.25, 0.3) is 0 Å². The Labute approximate surface area is 129 Å². The number of methoxy groups -OCH3 is 1. The molecule has 3 rings (SSSR count). The van der Waals surface area contributed by atoms with Gasteiger partial charge in [0.15, 0.2) is 0 Å². The molecule has 1 aromatic rings. The highest BCUT2D eigenvalue weighted by Crippen LogP contribution is 2.37. The van der Waals surface area contributed by atoms with E-state index < -0.39 is 5.97 Å². The third kappa shape index (κ3) is 2.73. The Morgan fingerprint density at radius 1 is 1.32 bits per heavy atom. The van der Waals surface area contributed by atoms with Crippen molar-refractivity contribution in [3.8, 4) is 0 Å². The van der Waals surface area contributed by atoms with Crippen molar-refractivity contribution in [1.29, 1.82) is 0 Å². The van der Waals surface area contributed by atoms with E-state index in [4.69, 9.17) is 4.74 Å². The van der Waals surface area contributed by atoms with Gasteiger partial charge < -0.3 is 14.7 Å². The third-order valence-electron chi connectivity index (χ3n) is 4.84. The molecule has 0 saturated heterocycles. The molecular formula is C17H21NO4. The largest absolute Gasteiger partial charge is 0.481 e. The number of carboxylic acids is 1. The van der Waals surface area contributed by atoms with Gasteiger partial charge >= 0.3 is 5.97 Å². The molecule has 1 aromatic carbocycles. The number of hydrogen-bond acceptors (Lipinski definition) is 3. The number of carbonyl (C=O) groups is 2. The van der Waals surface area contributed by atoms with Crippen LogP contribution in [0.4, 0.5) is 0 Å². The van der Waals surface area contributed by atoms with Crippen molar-refractivity contribution in [2.45, 2.75) is 37.8 Å². The van der Waals surface area contributed by atoms with E-state index in [-0.39, 0.29) is 30.4 Å². The lowest BCUT2D eigenvalue weighted by atomic mass is 9.80. The smallest absolute Gasteiger partial charge is 0.305 e. The van der Waals surface area contributed by atoms with Crippen molar-refractivity contribution < 1.29 is 19.4 Å². The van der Waals surface area contributed by atoms with Crippen LogP contribution in [0.1, 0.15) is 36.4 Å². The molecule has 1 heterocycles. The van der Waals surface area contributed by atoms with Gasteiger partial charge in [0, 0.05) is 19.6 Å². The zero-order valence-electron chi connectivity index (χ0n) is 12.7. The van der Waals surface area contributed by atoms with Crippen molar-refractivity contribution in [2.75, 3.05) is 13.7 Å². The van der Waals surface area contributed by atoms with Crippen molar-refractivity contribution >= 4 is 11.9 Å². The maximum atomic E-state index is 12.7. The summed E-state index contributed by atoms with van der Waals surface area (Å²) in [5.41, 5.74) is 2.13. The number of rotatable bonds is 4. The fourth-order valence-electron chi connectivity index (χ4n) is 3.50. The van der Waals surface area contributed by atoms with Gasteiger partial charge in [-0.1, -0.05) is 24.3 Å². The normalized spacial score (nSPS) is 27.0. The molecule has 22 heavy (non-hydrogen) atoms. The molecule has 1 aliphatic carbocycles. The molecule has 1 atom stereocenters. The molecule has 1 N–H and O–H groups in total. The van der Waals surface area contributed by atoms with Crippen LogP contribution in [0.5, 0.6) is 0 Å². The molecule has 1 aliphatic heterocycles. The molecule has 0 aromatic heterocycles. The van der Waals surface area contributed by atoms with E-state index >= 15 is 0 Å². The number of amides is 1. The summed E-state index contributed by atoms with van der Waals surface area (Å²) in [6, 6.07) is 7.49. The van der Waals surface area contributed by atoms with E-state index in [1.807, 2.05) is 24.3 Å². The van der Waals surface area contributed by atoms with Gasteiger partial charge in [-0.3, -0.25) is 9.59 Å². The summed E-state index contributed by atoms with van der Waals surface area (Å²) in [5.74, 6) is -0.816. The fraction of sp³-hybridized carbons (Fsp3) is 0.529. The van der Waals surface area contributed by atoms with Gasteiger partial charge in [-0.05, 0) is 30.4 Å². The zero-order chi connectivity index (χ0) is 15.7. The first kappa shape index (κ1) is 15.0. The summed E-state index contributed by atoms with van der Waals surface area (Å²) in [5, 5.41) is 9.22. The van der Waals surface area contributed by atoms with Crippen LogP contribution in [0.2, 0.25) is 0 Å². The van der Waals surface area contributed by atoms with Crippen LogP contribution in [-0.2, 0) is 20.7 Å². The van der Waals surface area contributed by atoms with Crippen molar-refractivity contribution in [1.82, 2.24) is 4.90 Å². The zero-order valence-corrected chi connectivity index (χ0v) is 12.7. The average molecular weight is 303 g/mol. The Hall–Kier alpha value is -1.88. The molecule has 2 aliphatic rings. The average Bonchev–Trinajstić information content (AvgIpc) is 2.46. The second-order valence-electron chi connectivity index (χ2n) is 6.12. The van der Waals surface area contributed by atoms with Gasteiger partial charge in [-0.25, -0.2) is 0 Å². The summed E-state index contributed by atoms with van der Waals surface area (Å²) in [7, 11) is 1.66. The third-order valence-corrected chi connectivity index (χ3v) is 4.84. The quantitative estimate of drug-likeness (QED) is 0.924. The van der Waals surface area contributed by atoms with E-state index in [0.717, 1.165) is 30.4 Å². The number of benzene rings is 1. The number of aliphatic carboxylic acids is 1. The minimum absolute atomic E-state index is 0.0218. The molecule has 1 amide bonds. The number of carbonyl (C=O) groups excluding carboxylic acids is 1. The minimum atomic E-state index is -0.872. The molecule has 0 bridgehead atoms. The Bertz CT molecular complexity index is 580. The molecule has 1 fully saturated rings. The first-order valence-electron chi connectivity index (χ1n) is 7.73. The lowest BCUT2D eigenvalue weighted by Gasteiger charge is -2.42. The summed E-state index contributed by atoms with van der Waals surface area (Å²) in [6.45, 7) is 0.599. The SMILES string of the molecule is COC1CC(C(=O)N2CCc3ccccc3[C@H]2CC(=O)O)C1. The highest BCUT2D eigenvalue weighted by Gasteiger charge is 2.41. The van der Waals surface area contributed by atoms with Gasteiger partial charge in [-0.15, -0.1) is 0 Å². The Kier molecular flexibility index (Phi) is 4.16. The molecule has 0 spiro atoms. The molecule has 5 heteroatoms. The molecule has 5 nitrogen and oxygen atoms in total. The number of fused-ring (bicyclic) bond motifs is 1. The monoisotopic (exact) mass is 303 g/mol. The molecule has 1 saturated carbocycles. The van der Waals surface area contributed by atoms with E-state index in [2.05, 4.69) is 0 Å². The molecular weight excluding hydrogens is 282 g/mol. The summed E-state index contributed by atoms with van der Waals surface area (Å²) < 4.78 is 5.24. The number of carboxylic acid groups (broad SMARTS) is 1. The standard InChI is InChI=1S/C17H21NO4/c1-22-13-8-12(9-13)17(21)18-7-6-11-4-2-3-5-14(11)15(18)10-16(19)20/h2-5,12-13,15H,6-10H2,1H3,(H,19,20)/t12?,13?,15-/m1/s1. The first-order valence-corrected chi connectivity index (χ1v) is 7.73. The van der Waals surface area contributed by atoms with E-state index in [0.29, 0.717) is 6.54 Å². The topological polar surface area (TPSA) is 66.8 Å². The van der Waals surface area contributed by atoms with Crippen molar-refractivity contribution in [3.05, 3.63) is 35.4 Å². The van der Waals surface area contributed by atoms with E-state index in [1.165, 1.54) is 0 Å². The molecule has 0 unspecified atom stereocenters. The first-order chi connectivity index (χ1) is 10.6. The van der Waals surface area contributed by atoms with Gasteiger partial charge in [0.05, 0.1) is 18.6 Å². The lowest BCUT2D eigenvalue weighted by Crippen LogP contribution is -2.48. The predicted molar refractivity (Wildman–Crippen MR) is 80.4 cm³/mol. The van der Waals surface area contributed by atoms with Crippen LogP contribution < -0.4 is 0 Å². The van der Waals surface area contributed by atoms with E-state index in [1.54, 1.807) is 12.0 Å². The number of hydrogen-bond donors (Lipinski definition) is 1. The Morgan fingerprint density at radius 3 is 2.73 bits per heavy atom. The lowest BCUT2D eigenvalue weighted by molar-refractivity contribution is -0.148. The Balaban J connectivity index is 1.81. The van der Waals surface area contributed by atoms with Gasteiger partial charge in [0.25, 0.3) is 0 Å². The summed E-state index contributed by atoms with van der Waals surface area (Å²) in [6.07, 6.45) is 2.41. The molecule has 118 valence electrons. The maximum Gasteiger partial charge on any atom is 0.305 e. The summed E-state index contributed by atoms with van der Waals surface area (Å²) in [4.78, 5) is 25.7. The van der Waals surface area contributed by atoms with Crippen LogP contribution >= 0.6 is 0 Å². The fourth-order valence-corrected chi connectivity index (χ4v) is 3.50. The maximum absolute atomic E-state index is 12.7. The van der Waals surface area contributed by atoms with Gasteiger partial charge in [-0.2, -0.15) is 0 Å². The second-order valence-corrected chi connectivity index (χ2v) is 6.12. The van der Waals surface area contributed by atoms with Crippen LogP contribution in [0.15, 0.2) is 24.3 Å². The molecule has 0 radical (unpaired) electrons. The van der Waals surface area contributed by atoms with Crippen LogP contribution in [-0.4, -0.2) is 41.6 Å².